The summed E-state index contributed by atoms with van der Waals surface area (Å²) >= 11 is 0.613. The number of rotatable bonds is 7. The van der Waals surface area contributed by atoms with Gasteiger partial charge in [0.05, 0.1) is 18.5 Å². The molecule has 4 heterocycles. The predicted molar refractivity (Wildman–Crippen MR) is 118 cm³/mol. The van der Waals surface area contributed by atoms with Crippen LogP contribution in [0.15, 0.2) is 24.5 Å². The van der Waals surface area contributed by atoms with Crippen LogP contribution in [0.2, 0.25) is 0 Å². The molecule has 1 saturated carbocycles. The lowest BCUT2D eigenvalue weighted by Gasteiger charge is -2.28. The number of carbonyl (C=O) groups is 2. The smallest absolute Gasteiger partial charge is 0.443 e. The van der Waals surface area contributed by atoms with Gasteiger partial charge in [0.25, 0.3) is 0 Å². The molecule has 1 aliphatic carbocycles. The maximum Gasteiger partial charge on any atom is 0.443 e. The molecule has 0 unspecified atom stereocenters. The van der Waals surface area contributed by atoms with Gasteiger partial charge in [-0.05, 0) is 49.8 Å². The Labute approximate surface area is 197 Å². The zero-order chi connectivity index (χ0) is 24.1. The lowest BCUT2D eigenvalue weighted by atomic mass is 9.98. The van der Waals surface area contributed by atoms with Crippen LogP contribution in [0.5, 0.6) is 0 Å². The Bertz CT molecular complexity index is 1260. The summed E-state index contributed by atoms with van der Waals surface area (Å²) in [5.74, 6) is -0.815. The van der Waals surface area contributed by atoms with Crippen LogP contribution in [0.4, 0.5) is 13.2 Å². The van der Waals surface area contributed by atoms with Gasteiger partial charge in [0.1, 0.15) is 5.65 Å². The van der Waals surface area contributed by atoms with E-state index in [-0.39, 0.29) is 18.9 Å². The minimum Gasteiger partial charge on any atom is -0.481 e. The van der Waals surface area contributed by atoms with E-state index in [1.54, 1.807) is 11.1 Å². The molecule has 0 radical (unpaired) electrons. The Morgan fingerprint density at radius 2 is 2.03 bits per heavy atom. The zero-order valence-corrected chi connectivity index (χ0v) is 19.1. The van der Waals surface area contributed by atoms with Crippen LogP contribution in [0, 0.1) is 5.41 Å². The number of carboxylic acid groups (broad SMARTS) is 1. The summed E-state index contributed by atoms with van der Waals surface area (Å²) in [4.78, 5) is 34.5. The number of aromatic nitrogens is 3. The molecular formula is C23H23F3N4O3S. The number of alkyl halides is 3. The van der Waals surface area contributed by atoms with Crippen LogP contribution in [0.3, 0.4) is 0 Å². The highest BCUT2D eigenvalue weighted by Gasteiger charge is 2.49. The van der Waals surface area contributed by atoms with E-state index in [4.69, 9.17) is 0 Å². The fourth-order valence-corrected chi connectivity index (χ4v) is 5.54. The van der Waals surface area contributed by atoms with Crippen LogP contribution >= 0.6 is 11.3 Å². The third kappa shape index (κ3) is 4.17. The van der Waals surface area contributed by atoms with E-state index >= 15 is 0 Å². The van der Waals surface area contributed by atoms with Crippen LogP contribution in [-0.2, 0) is 35.3 Å². The fourth-order valence-electron chi connectivity index (χ4n) is 4.77. The van der Waals surface area contributed by atoms with Gasteiger partial charge in [-0.1, -0.05) is 0 Å². The Hall–Kier alpha value is -2.95. The predicted octanol–water partition coefficient (Wildman–Crippen LogP) is 4.48. The van der Waals surface area contributed by atoms with E-state index in [0.717, 1.165) is 16.6 Å². The minimum absolute atomic E-state index is 0.0336. The first-order chi connectivity index (χ1) is 16.2. The number of fused-ring (bicyclic) bond motifs is 3. The van der Waals surface area contributed by atoms with Crippen molar-refractivity contribution in [3.05, 3.63) is 45.7 Å². The molecule has 11 heteroatoms. The number of hydrogen-bond acceptors (Lipinski definition) is 5. The standard InChI is InChI=1S/C23H23F3N4O3S/c24-23(25,26)20-28-11-14(34-20)12-30-17-13-29(10-5-15(17)16-3-2-9-27-19(16)30)18(31)4-1-6-22(7-8-22)21(32)33/h2-3,9,11H,1,4-8,10,12-13H2,(H,32,33). The van der Waals surface area contributed by atoms with Crippen molar-refractivity contribution in [1.29, 1.82) is 0 Å². The number of amides is 1. The van der Waals surface area contributed by atoms with E-state index in [1.807, 2.05) is 16.7 Å². The highest BCUT2D eigenvalue weighted by molar-refractivity contribution is 7.11. The molecule has 3 aromatic heterocycles. The van der Waals surface area contributed by atoms with E-state index < -0.39 is 22.6 Å². The second-order valence-corrected chi connectivity index (χ2v) is 10.1. The monoisotopic (exact) mass is 492 g/mol. The molecule has 1 fully saturated rings. The molecule has 1 N–H and O–H groups in total. The molecule has 0 saturated heterocycles. The van der Waals surface area contributed by atoms with Gasteiger partial charge in [0, 0.05) is 41.3 Å². The summed E-state index contributed by atoms with van der Waals surface area (Å²) < 4.78 is 41.0. The second kappa shape index (κ2) is 8.37. The highest BCUT2D eigenvalue weighted by Crippen LogP contribution is 2.50. The van der Waals surface area contributed by atoms with Crippen LogP contribution in [-0.4, -0.2) is 43.0 Å². The van der Waals surface area contributed by atoms with Crippen molar-refractivity contribution >= 4 is 34.2 Å². The van der Waals surface area contributed by atoms with E-state index in [0.29, 0.717) is 67.1 Å². The Kier molecular flexibility index (Phi) is 5.62. The molecular weight excluding hydrogens is 469 g/mol. The van der Waals surface area contributed by atoms with Crippen molar-refractivity contribution in [2.75, 3.05) is 6.54 Å². The van der Waals surface area contributed by atoms with Crippen LogP contribution < -0.4 is 0 Å². The summed E-state index contributed by atoms with van der Waals surface area (Å²) in [6.07, 6.45) is 1.70. The van der Waals surface area contributed by atoms with E-state index in [1.165, 1.54) is 6.20 Å². The fraction of sp³-hybridized carbons (Fsp3) is 0.478. The summed E-state index contributed by atoms with van der Waals surface area (Å²) in [7, 11) is 0. The summed E-state index contributed by atoms with van der Waals surface area (Å²) in [6, 6.07) is 3.78. The molecule has 0 spiro atoms. The molecule has 1 amide bonds. The number of hydrogen-bond donors (Lipinski definition) is 1. The van der Waals surface area contributed by atoms with Gasteiger partial charge in [0.15, 0.2) is 5.01 Å². The Morgan fingerprint density at radius 3 is 2.71 bits per heavy atom. The molecule has 7 nitrogen and oxygen atoms in total. The van der Waals surface area contributed by atoms with Crippen molar-refractivity contribution in [3.8, 4) is 0 Å². The highest BCUT2D eigenvalue weighted by atomic mass is 32.1. The number of nitrogens with zero attached hydrogens (tertiary/aromatic N) is 4. The number of pyridine rings is 1. The minimum atomic E-state index is -4.48. The lowest BCUT2D eigenvalue weighted by molar-refractivity contribution is -0.144. The van der Waals surface area contributed by atoms with Gasteiger partial charge in [-0.25, -0.2) is 9.97 Å². The normalized spacial score (nSPS) is 17.1. The zero-order valence-electron chi connectivity index (χ0n) is 18.3. The molecule has 0 atom stereocenters. The van der Waals surface area contributed by atoms with Crippen molar-refractivity contribution in [3.63, 3.8) is 0 Å². The first kappa shape index (κ1) is 22.8. The molecule has 34 heavy (non-hydrogen) atoms. The average Bonchev–Trinajstić information content (AvgIpc) is 3.33. The van der Waals surface area contributed by atoms with E-state index in [9.17, 15) is 27.9 Å². The maximum atomic E-state index is 13.0. The molecule has 5 rings (SSSR count). The lowest BCUT2D eigenvalue weighted by Crippen LogP contribution is -2.36. The Morgan fingerprint density at radius 1 is 1.24 bits per heavy atom. The van der Waals surface area contributed by atoms with Gasteiger partial charge >= 0.3 is 12.1 Å². The third-order valence-electron chi connectivity index (χ3n) is 6.83. The second-order valence-electron chi connectivity index (χ2n) is 9.02. The largest absolute Gasteiger partial charge is 0.481 e. The Balaban J connectivity index is 1.35. The summed E-state index contributed by atoms with van der Waals surface area (Å²) in [5.41, 5.74) is 1.98. The molecule has 1 aliphatic heterocycles. The third-order valence-corrected chi connectivity index (χ3v) is 7.86. The van der Waals surface area contributed by atoms with Crippen molar-refractivity contribution in [1.82, 2.24) is 19.4 Å². The first-order valence-corrected chi connectivity index (χ1v) is 12.0. The molecule has 3 aromatic rings. The van der Waals surface area contributed by atoms with Crippen molar-refractivity contribution in [2.24, 2.45) is 5.41 Å². The number of carbonyl (C=O) groups excluding carboxylic acids is 1. The van der Waals surface area contributed by atoms with Gasteiger partial charge in [-0.2, -0.15) is 13.2 Å². The summed E-state index contributed by atoms with van der Waals surface area (Å²) in [5, 5.41) is 9.39. The maximum absolute atomic E-state index is 13.0. The quantitative estimate of drug-likeness (QED) is 0.526. The SMILES string of the molecule is O=C(CCCC1(C(=O)O)CC1)N1CCc2c(n(Cc3cnc(C(F)(F)F)s3)c3ncccc23)C1. The molecule has 2 aliphatic rings. The van der Waals surface area contributed by atoms with Crippen molar-refractivity contribution in [2.45, 2.75) is 57.8 Å². The number of thiazole rings is 1. The van der Waals surface area contributed by atoms with E-state index in [2.05, 4.69) is 9.97 Å². The average molecular weight is 493 g/mol. The topological polar surface area (TPSA) is 88.3 Å². The van der Waals surface area contributed by atoms with Gasteiger partial charge in [-0.3, -0.25) is 9.59 Å². The molecule has 0 aromatic carbocycles. The number of carboxylic acids is 1. The van der Waals surface area contributed by atoms with Gasteiger partial charge in [-0.15, -0.1) is 11.3 Å². The first-order valence-electron chi connectivity index (χ1n) is 11.2. The number of aliphatic carboxylic acids is 1. The molecule has 180 valence electrons. The van der Waals surface area contributed by atoms with Crippen molar-refractivity contribution < 1.29 is 27.9 Å². The van der Waals surface area contributed by atoms with Crippen LogP contribution in [0.25, 0.3) is 11.0 Å². The molecule has 0 bridgehead atoms. The number of halogens is 3. The van der Waals surface area contributed by atoms with Gasteiger partial charge < -0.3 is 14.6 Å². The summed E-state index contributed by atoms with van der Waals surface area (Å²) in [6.45, 7) is 1.09. The van der Waals surface area contributed by atoms with Gasteiger partial charge in [0.2, 0.25) is 5.91 Å². The van der Waals surface area contributed by atoms with Crippen LogP contribution in [0.1, 0.15) is 53.2 Å².